The molecule has 1 aliphatic heterocycles. The van der Waals surface area contributed by atoms with Gasteiger partial charge in [0, 0.05) is 30.1 Å². The summed E-state index contributed by atoms with van der Waals surface area (Å²) in [4.78, 5) is 34.9. The van der Waals surface area contributed by atoms with Crippen LogP contribution in [-0.2, 0) is 4.79 Å². The molecule has 8 nitrogen and oxygen atoms in total. The second kappa shape index (κ2) is 15.4. The molecule has 2 amide bonds. The average Bonchev–Trinajstić information content (AvgIpc) is 2.84. The zero-order valence-electron chi connectivity index (χ0n) is 22.6. The largest absolute Gasteiger partial charge is 0.394 e. The molecular weight excluding hydrogens is 501 g/mol. The number of guanidine groups is 1. The monoisotopic (exact) mass is 539 g/mol. The van der Waals surface area contributed by atoms with E-state index in [0.717, 1.165) is 0 Å². The Balaban J connectivity index is 0.00000137. The highest BCUT2D eigenvalue weighted by Gasteiger charge is 2.44. The molecule has 3 rings (SSSR count). The van der Waals surface area contributed by atoms with Crippen LogP contribution in [0.25, 0.3) is 0 Å². The molecule has 0 saturated carbocycles. The van der Waals surface area contributed by atoms with E-state index in [2.05, 4.69) is 15.3 Å². The second-order valence-electron chi connectivity index (χ2n) is 8.12. The van der Waals surface area contributed by atoms with E-state index in [-0.39, 0.29) is 23.7 Å². The minimum absolute atomic E-state index is 0.116. The van der Waals surface area contributed by atoms with E-state index < -0.39 is 17.4 Å². The molecule has 4 N–H and O–H groups in total. The van der Waals surface area contributed by atoms with Crippen LogP contribution in [0.3, 0.4) is 0 Å². The van der Waals surface area contributed by atoms with Crippen LogP contribution in [0, 0.1) is 5.41 Å². The number of aliphatic hydroxyl groups is 1. The molecule has 10 heteroatoms. The van der Waals surface area contributed by atoms with Gasteiger partial charge in [-0.1, -0.05) is 50.9 Å². The fraction of sp³-hybridized carbons (Fsp3) is 0.462. The van der Waals surface area contributed by atoms with Gasteiger partial charge in [0.2, 0.25) is 5.91 Å². The van der Waals surface area contributed by atoms with Gasteiger partial charge in [-0.15, -0.1) is 0 Å². The van der Waals surface area contributed by atoms with Gasteiger partial charge in [0.05, 0.1) is 16.5 Å². The highest BCUT2D eigenvalue weighted by molar-refractivity contribution is 6.31. The van der Waals surface area contributed by atoms with Crippen LogP contribution in [-0.4, -0.2) is 45.9 Å². The number of amides is 2. The fourth-order valence-corrected chi connectivity index (χ4v) is 3.36. The summed E-state index contributed by atoms with van der Waals surface area (Å²) in [6.45, 7) is 15.0. The molecule has 1 aliphatic rings. The molecule has 200 valence electrons. The van der Waals surface area contributed by atoms with Crippen molar-refractivity contribution in [2.45, 2.75) is 67.5 Å². The van der Waals surface area contributed by atoms with Crippen molar-refractivity contribution in [2.24, 2.45) is 16.1 Å². The first-order valence-electron chi connectivity index (χ1n) is 11.9. The Kier molecular flexibility index (Phi) is 14.3. The maximum Gasteiger partial charge on any atom is 0.274 e. The summed E-state index contributed by atoms with van der Waals surface area (Å²) in [6, 6.07) is 7.52. The lowest BCUT2D eigenvalue weighted by Gasteiger charge is -2.39. The van der Waals surface area contributed by atoms with Gasteiger partial charge < -0.3 is 16.2 Å². The molecule has 2 heterocycles. The fourth-order valence-electron chi connectivity index (χ4n) is 3.03. The maximum atomic E-state index is 12.7. The third-order valence-corrected chi connectivity index (χ3v) is 5.22. The maximum absolute atomic E-state index is 12.7. The number of rotatable bonds is 3. The summed E-state index contributed by atoms with van der Waals surface area (Å²) >= 11 is 12.2. The van der Waals surface area contributed by atoms with Gasteiger partial charge in [0.15, 0.2) is 5.96 Å². The number of carbonyl (C=O) groups is 2. The quantitative estimate of drug-likeness (QED) is 0.445. The molecule has 0 aliphatic carbocycles. The number of carbonyl (C=O) groups excluding carboxylic acids is 2. The Morgan fingerprint density at radius 2 is 1.69 bits per heavy atom. The van der Waals surface area contributed by atoms with E-state index in [4.69, 9.17) is 34.0 Å². The van der Waals surface area contributed by atoms with E-state index >= 15 is 0 Å². The van der Waals surface area contributed by atoms with E-state index in [9.17, 15) is 9.59 Å². The summed E-state index contributed by atoms with van der Waals surface area (Å²) in [6.07, 6.45) is 1.23. The van der Waals surface area contributed by atoms with Crippen molar-refractivity contribution in [2.75, 3.05) is 12.4 Å². The zero-order chi connectivity index (χ0) is 28.2. The van der Waals surface area contributed by atoms with Gasteiger partial charge in [-0.25, -0.2) is 9.98 Å². The van der Waals surface area contributed by atoms with E-state index in [1.54, 1.807) is 59.0 Å². The molecule has 0 saturated heterocycles. The molecule has 1 unspecified atom stereocenters. The third-order valence-electron chi connectivity index (χ3n) is 4.65. The van der Waals surface area contributed by atoms with Crippen molar-refractivity contribution in [1.29, 1.82) is 0 Å². The Morgan fingerprint density at radius 1 is 1.14 bits per heavy atom. The number of pyridine rings is 1. The highest BCUT2D eigenvalue weighted by Crippen LogP contribution is 2.43. The minimum atomic E-state index is -0.859. The number of benzene rings is 1. The van der Waals surface area contributed by atoms with Crippen molar-refractivity contribution in [3.8, 4) is 0 Å². The van der Waals surface area contributed by atoms with Crippen molar-refractivity contribution in [3.05, 3.63) is 57.8 Å². The number of hydrogen-bond acceptors (Lipinski definition) is 6. The van der Waals surface area contributed by atoms with Gasteiger partial charge in [-0.05, 0) is 63.6 Å². The van der Waals surface area contributed by atoms with Crippen molar-refractivity contribution < 1.29 is 14.7 Å². The normalized spacial score (nSPS) is 15.8. The van der Waals surface area contributed by atoms with Gasteiger partial charge in [-0.2, -0.15) is 0 Å². The first-order valence-corrected chi connectivity index (χ1v) is 12.6. The number of nitrogens with one attached hydrogen (secondary N) is 1. The smallest absolute Gasteiger partial charge is 0.274 e. The molecule has 0 fully saturated rings. The molecule has 1 aromatic carbocycles. The van der Waals surface area contributed by atoms with Crippen LogP contribution >= 0.6 is 23.2 Å². The lowest BCUT2D eigenvalue weighted by Crippen LogP contribution is -2.51. The predicted octanol–water partition coefficient (Wildman–Crippen LogP) is 5.93. The molecule has 36 heavy (non-hydrogen) atoms. The predicted molar refractivity (Wildman–Crippen MR) is 150 cm³/mol. The van der Waals surface area contributed by atoms with Crippen LogP contribution in [0.1, 0.15) is 77.5 Å². The molecule has 0 radical (unpaired) electrons. The lowest BCUT2D eigenvalue weighted by atomic mass is 9.78. The SMILES string of the molecule is CC.CC.CC(C)O.CN1C(=O)C(C)(C)C(c2cc(NC(=O)c3ccc(Cl)cn3)ccc2Cl)N=C1N. The Bertz CT molecular complexity index is 1020. The summed E-state index contributed by atoms with van der Waals surface area (Å²) < 4.78 is 0. The molecule has 1 aromatic heterocycles. The summed E-state index contributed by atoms with van der Waals surface area (Å²) in [5.74, 6) is -0.447. The first kappa shape index (κ1) is 33.3. The Labute approximate surface area is 224 Å². The first-order chi connectivity index (χ1) is 16.8. The second-order valence-corrected chi connectivity index (χ2v) is 8.97. The molecule has 0 spiro atoms. The van der Waals surface area contributed by atoms with Gasteiger partial charge in [-0.3, -0.25) is 14.5 Å². The number of anilines is 1. The number of hydrogen-bond donors (Lipinski definition) is 3. The Morgan fingerprint density at radius 3 is 2.19 bits per heavy atom. The van der Waals surface area contributed by atoms with Gasteiger partial charge in [0.25, 0.3) is 5.91 Å². The highest BCUT2D eigenvalue weighted by atomic mass is 35.5. The van der Waals surface area contributed by atoms with Crippen LogP contribution in [0.15, 0.2) is 41.5 Å². The van der Waals surface area contributed by atoms with Crippen molar-refractivity contribution in [1.82, 2.24) is 9.88 Å². The van der Waals surface area contributed by atoms with E-state index in [1.807, 2.05) is 27.7 Å². The molecule has 1 atom stereocenters. The van der Waals surface area contributed by atoms with E-state index in [0.29, 0.717) is 21.3 Å². The third kappa shape index (κ3) is 9.08. The number of aliphatic hydroxyl groups excluding tert-OH is 1. The Hall–Kier alpha value is -2.68. The lowest BCUT2D eigenvalue weighted by molar-refractivity contribution is -0.137. The zero-order valence-corrected chi connectivity index (χ0v) is 24.1. The number of halogens is 2. The minimum Gasteiger partial charge on any atom is -0.394 e. The molecule has 0 bridgehead atoms. The van der Waals surface area contributed by atoms with Crippen LogP contribution in [0.4, 0.5) is 5.69 Å². The number of aliphatic imine (C=N–C) groups is 1. The van der Waals surface area contributed by atoms with Crippen LogP contribution in [0.5, 0.6) is 0 Å². The topological polar surface area (TPSA) is 121 Å². The summed E-state index contributed by atoms with van der Waals surface area (Å²) in [5, 5.41) is 11.7. The number of aromatic nitrogens is 1. The van der Waals surface area contributed by atoms with Crippen LogP contribution in [0.2, 0.25) is 10.0 Å². The summed E-state index contributed by atoms with van der Waals surface area (Å²) in [5.41, 5.74) is 6.35. The van der Waals surface area contributed by atoms with Crippen molar-refractivity contribution in [3.63, 3.8) is 0 Å². The van der Waals surface area contributed by atoms with Crippen LogP contribution < -0.4 is 11.1 Å². The summed E-state index contributed by atoms with van der Waals surface area (Å²) in [7, 11) is 1.58. The molecular formula is C26H39Cl2N5O3. The van der Waals surface area contributed by atoms with Crippen molar-refractivity contribution >= 4 is 46.7 Å². The standard InChI is InChI=1S/C19H19Cl2N5O2.C3H8O.2C2H6/c1-19(2)15(25-18(22)26(3)17(19)28)12-8-11(5-6-13(12)21)24-16(27)14-7-4-10(20)9-23-14;1-3(2)4;2*1-2/h4-9,15H,1-3H3,(H2,22,25)(H,24,27);3-4H,1-2H3;2*1-2H3. The molecule has 2 aromatic rings. The number of nitrogens with zero attached hydrogens (tertiary/aromatic N) is 3. The van der Waals surface area contributed by atoms with Gasteiger partial charge in [0.1, 0.15) is 5.69 Å². The average molecular weight is 541 g/mol. The number of nitrogens with two attached hydrogens (primary N) is 1. The van der Waals surface area contributed by atoms with Gasteiger partial charge >= 0.3 is 0 Å². The van der Waals surface area contributed by atoms with E-state index in [1.165, 1.54) is 17.2 Å².